The van der Waals surface area contributed by atoms with Crippen molar-refractivity contribution in [3.05, 3.63) is 59.7 Å². The first kappa shape index (κ1) is 24.8. The summed E-state index contributed by atoms with van der Waals surface area (Å²) < 4.78 is 5.63. The number of benzene rings is 2. The Balaban J connectivity index is 1.37. The zero-order chi connectivity index (χ0) is 24.9. The van der Waals surface area contributed by atoms with Crippen LogP contribution in [0.2, 0.25) is 0 Å². The summed E-state index contributed by atoms with van der Waals surface area (Å²) in [5.41, 5.74) is 4.64. The highest BCUT2D eigenvalue weighted by Crippen LogP contribution is 2.44. The van der Waals surface area contributed by atoms with E-state index in [2.05, 4.69) is 29.6 Å². The maximum absolute atomic E-state index is 13.3. The molecule has 0 heterocycles. The highest BCUT2D eigenvalue weighted by Gasteiger charge is 2.36. The van der Waals surface area contributed by atoms with Crippen LogP contribution in [0.3, 0.4) is 0 Å². The van der Waals surface area contributed by atoms with E-state index in [9.17, 15) is 19.5 Å². The van der Waals surface area contributed by atoms with E-state index in [0.29, 0.717) is 6.54 Å². The Labute approximate surface area is 206 Å². The van der Waals surface area contributed by atoms with Crippen LogP contribution in [-0.4, -0.2) is 54.2 Å². The fraction of sp³-hybridized carbons (Fsp3) is 0.464. The first-order valence-corrected chi connectivity index (χ1v) is 12.5. The molecule has 2 aromatic rings. The molecule has 1 saturated carbocycles. The normalized spacial score (nSPS) is 16.4. The monoisotopic (exact) mass is 478 g/mol. The number of rotatable bonds is 10. The molecule has 2 aliphatic rings. The molecule has 2 aliphatic carbocycles. The third kappa shape index (κ3) is 5.34. The first-order chi connectivity index (χ1) is 16.9. The second-order valence-corrected chi connectivity index (χ2v) is 9.62. The number of amides is 2. The Hall–Kier alpha value is -3.35. The van der Waals surface area contributed by atoms with Crippen molar-refractivity contribution in [1.29, 1.82) is 0 Å². The van der Waals surface area contributed by atoms with Gasteiger partial charge < -0.3 is 20.1 Å². The van der Waals surface area contributed by atoms with Gasteiger partial charge in [-0.2, -0.15) is 0 Å². The van der Waals surface area contributed by atoms with Gasteiger partial charge >= 0.3 is 12.1 Å². The van der Waals surface area contributed by atoms with Crippen LogP contribution in [0, 0.1) is 17.8 Å². The van der Waals surface area contributed by atoms with E-state index in [1.807, 2.05) is 31.2 Å². The number of nitrogens with zero attached hydrogens (tertiary/aromatic N) is 1. The summed E-state index contributed by atoms with van der Waals surface area (Å²) in [6.45, 7) is 4.47. The molecule has 2 amide bonds. The lowest BCUT2D eigenvalue weighted by molar-refractivity contribution is -0.144. The molecule has 0 aromatic heterocycles. The minimum atomic E-state index is -0.923. The number of ether oxygens (including phenoxy) is 1. The predicted molar refractivity (Wildman–Crippen MR) is 133 cm³/mol. The van der Waals surface area contributed by atoms with Crippen LogP contribution in [-0.2, 0) is 14.3 Å². The van der Waals surface area contributed by atoms with Gasteiger partial charge in [0, 0.05) is 25.6 Å². The number of nitrogens with one attached hydrogen (secondary N) is 1. The smallest absolute Gasteiger partial charge is 0.407 e. The van der Waals surface area contributed by atoms with Crippen LogP contribution < -0.4 is 5.32 Å². The lowest BCUT2D eigenvalue weighted by atomic mass is 9.75. The van der Waals surface area contributed by atoms with Crippen molar-refractivity contribution >= 4 is 18.0 Å². The molecule has 7 heteroatoms. The average molecular weight is 479 g/mol. The van der Waals surface area contributed by atoms with Gasteiger partial charge in [-0.1, -0.05) is 61.9 Å². The van der Waals surface area contributed by atoms with Crippen molar-refractivity contribution in [2.24, 2.45) is 17.8 Å². The summed E-state index contributed by atoms with van der Waals surface area (Å²) in [6.07, 6.45) is 2.41. The van der Waals surface area contributed by atoms with Crippen LogP contribution in [0.4, 0.5) is 4.79 Å². The second-order valence-electron chi connectivity index (χ2n) is 9.62. The van der Waals surface area contributed by atoms with Crippen LogP contribution in [0.5, 0.6) is 0 Å². The molecule has 0 bridgehead atoms. The zero-order valence-corrected chi connectivity index (χ0v) is 20.4. The topological polar surface area (TPSA) is 95.9 Å². The van der Waals surface area contributed by atoms with E-state index in [1.54, 1.807) is 11.8 Å². The van der Waals surface area contributed by atoms with Crippen molar-refractivity contribution in [3.8, 4) is 11.1 Å². The van der Waals surface area contributed by atoms with Crippen LogP contribution in [0.25, 0.3) is 11.1 Å². The lowest BCUT2D eigenvalue weighted by Gasteiger charge is -2.36. The minimum absolute atomic E-state index is 0.0229. The summed E-state index contributed by atoms with van der Waals surface area (Å²) in [4.78, 5) is 38.8. The third-order valence-electron chi connectivity index (χ3n) is 7.46. The summed E-state index contributed by atoms with van der Waals surface area (Å²) in [5, 5.41) is 12.1. The van der Waals surface area contributed by atoms with Gasteiger partial charge in [0.1, 0.15) is 6.61 Å². The summed E-state index contributed by atoms with van der Waals surface area (Å²) in [5.74, 6) is -1.85. The fourth-order valence-corrected chi connectivity index (χ4v) is 5.16. The number of fused-ring (bicyclic) bond motifs is 3. The molecular weight excluding hydrogens is 444 g/mol. The largest absolute Gasteiger partial charge is 0.481 e. The highest BCUT2D eigenvalue weighted by molar-refractivity contribution is 5.81. The van der Waals surface area contributed by atoms with E-state index in [4.69, 9.17) is 4.74 Å². The molecule has 2 aromatic carbocycles. The quantitative estimate of drug-likeness (QED) is 0.524. The maximum atomic E-state index is 13.3. The van der Waals surface area contributed by atoms with Crippen molar-refractivity contribution in [2.45, 2.75) is 39.0 Å². The minimum Gasteiger partial charge on any atom is -0.481 e. The third-order valence-corrected chi connectivity index (χ3v) is 7.46. The first-order valence-electron chi connectivity index (χ1n) is 12.5. The molecule has 186 valence electrons. The Morgan fingerprint density at radius 2 is 1.66 bits per heavy atom. The van der Waals surface area contributed by atoms with E-state index in [-0.39, 0.29) is 43.4 Å². The zero-order valence-electron chi connectivity index (χ0n) is 20.4. The van der Waals surface area contributed by atoms with Gasteiger partial charge in [-0.3, -0.25) is 9.59 Å². The number of alkyl carbamates (subject to hydrolysis) is 1. The van der Waals surface area contributed by atoms with E-state index >= 15 is 0 Å². The average Bonchev–Trinajstić information content (AvgIpc) is 3.15. The Morgan fingerprint density at radius 1 is 1.06 bits per heavy atom. The number of hydrogen-bond acceptors (Lipinski definition) is 4. The molecule has 2 unspecified atom stereocenters. The summed E-state index contributed by atoms with van der Waals surface area (Å²) >= 11 is 0. The van der Waals surface area contributed by atoms with Crippen LogP contribution in [0.15, 0.2) is 48.5 Å². The standard InChI is InChI=1S/C28H34N2O5/c1-3-30(16-18(2)27(32)33)26(31)24(19-9-8-10-19)15-29-28(34)35-17-25-22-13-6-4-11-20(22)21-12-5-7-14-23(21)25/h4-7,11-14,18-19,24-25H,3,8-10,15-17H2,1-2H3,(H,29,34)(H,32,33). The van der Waals surface area contributed by atoms with Gasteiger partial charge in [0.15, 0.2) is 0 Å². The molecule has 0 saturated heterocycles. The molecule has 2 atom stereocenters. The molecule has 0 spiro atoms. The molecule has 35 heavy (non-hydrogen) atoms. The SMILES string of the molecule is CCN(CC(C)C(=O)O)C(=O)C(CNC(=O)OCC1c2ccccc2-c2ccccc21)C1CCC1. The van der Waals surface area contributed by atoms with Crippen molar-refractivity contribution in [2.75, 3.05) is 26.2 Å². The van der Waals surface area contributed by atoms with Crippen molar-refractivity contribution in [1.82, 2.24) is 10.2 Å². The van der Waals surface area contributed by atoms with Gasteiger partial charge in [0.2, 0.25) is 5.91 Å². The molecule has 0 radical (unpaired) electrons. The van der Waals surface area contributed by atoms with Gasteiger partial charge in [0.25, 0.3) is 0 Å². The van der Waals surface area contributed by atoms with E-state index < -0.39 is 18.0 Å². The maximum Gasteiger partial charge on any atom is 0.407 e. The molecule has 7 nitrogen and oxygen atoms in total. The number of carbonyl (C=O) groups excluding carboxylic acids is 2. The van der Waals surface area contributed by atoms with Gasteiger partial charge in [-0.05, 0) is 47.9 Å². The van der Waals surface area contributed by atoms with E-state index in [0.717, 1.165) is 30.4 Å². The number of hydrogen-bond donors (Lipinski definition) is 2. The molecule has 4 rings (SSSR count). The van der Waals surface area contributed by atoms with Gasteiger partial charge in [-0.25, -0.2) is 4.79 Å². The molecular formula is C28H34N2O5. The number of aliphatic carboxylic acids is 1. The highest BCUT2D eigenvalue weighted by atomic mass is 16.5. The Morgan fingerprint density at radius 3 is 2.17 bits per heavy atom. The lowest BCUT2D eigenvalue weighted by Crippen LogP contribution is -2.47. The fourth-order valence-electron chi connectivity index (χ4n) is 5.16. The van der Waals surface area contributed by atoms with Crippen LogP contribution in [0.1, 0.15) is 50.2 Å². The Kier molecular flexibility index (Phi) is 7.73. The van der Waals surface area contributed by atoms with Crippen LogP contribution >= 0.6 is 0 Å². The molecule has 0 aliphatic heterocycles. The van der Waals surface area contributed by atoms with E-state index in [1.165, 1.54) is 11.1 Å². The van der Waals surface area contributed by atoms with Crippen molar-refractivity contribution in [3.63, 3.8) is 0 Å². The second kappa shape index (κ2) is 10.9. The summed E-state index contributed by atoms with van der Waals surface area (Å²) in [6, 6.07) is 16.4. The Bertz CT molecular complexity index is 1040. The molecule has 1 fully saturated rings. The number of carboxylic acid groups (broad SMARTS) is 1. The number of carboxylic acids is 1. The van der Waals surface area contributed by atoms with Gasteiger partial charge in [-0.15, -0.1) is 0 Å². The number of carbonyl (C=O) groups is 3. The molecule has 2 N–H and O–H groups in total. The van der Waals surface area contributed by atoms with Crippen molar-refractivity contribution < 1.29 is 24.2 Å². The summed E-state index contributed by atoms with van der Waals surface area (Å²) in [7, 11) is 0. The van der Waals surface area contributed by atoms with Gasteiger partial charge in [0.05, 0.1) is 11.8 Å². The predicted octanol–water partition coefficient (Wildman–Crippen LogP) is 4.51.